The number of benzene rings is 2. The first-order valence-corrected chi connectivity index (χ1v) is 10.4. The molecule has 0 unspecified atom stereocenters. The minimum absolute atomic E-state index is 0.120. The Morgan fingerprint density at radius 1 is 1.10 bits per heavy atom. The van der Waals surface area contributed by atoms with E-state index in [2.05, 4.69) is 19.2 Å². The largest absolute Gasteiger partial charge is 0.444 e. The molecule has 2 amide bonds. The molecule has 3 rings (SSSR count). The summed E-state index contributed by atoms with van der Waals surface area (Å²) in [5, 5.41) is 2.82. The second-order valence-electron chi connectivity index (χ2n) is 8.68. The Kier molecular flexibility index (Phi) is 7.11. The number of carbonyl (C=O) groups is 2. The van der Waals surface area contributed by atoms with Gasteiger partial charge in [0, 0.05) is 24.7 Å². The van der Waals surface area contributed by atoms with Crippen LogP contribution < -0.4 is 11.1 Å². The maximum Gasteiger partial charge on any atom is 0.411 e. The maximum atomic E-state index is 12.9. The van der Waals surface area contributed by atoms with Gasteiger partial charge in [-0.25, -0.2) is 4.79 Å². The van der Waals surface area contributed by atoms with Gasteiger partial charge in [0.2, 0.25) is 5.91 Å². The highest BCUT2D eigenvalue weighted by atomic mass is 16.5. The summed E-state index contributed by atoms with van der Waals surface area (Å²) < 4.78 is 5.34. The van der Waals surface area contributed by atoms with Gasteiger partial charge in [-0.2, -0.15) is 0 Å². The van der Waals surface area contributed by atoms with Crippen molar-refractivity contribution >= 4 is 17.7 Å². The Bertz CT molecular complexity index is 863. The van der Waals surface area contributed by atoms with Crippen LogP contribution in [0.25, 0.3) is 0 Å². The first-order chi connectivity index (χ1) is 14.4. The molecule has 160 valence electrons. The van der Waals surface area contributed by atoms with Crippen molar-refractivity contribution in [3.05, 3.63) is 65.7 Å². The van der Waals surface area contributed by atoms with Crippen molar-refractivity contribution in [1.82, 2.24) is 4.90 Å². The van der Waals surface area contributed by atoms with Gasteiger partial charge < -0.3 is 15.4 Å². The molecule has 0 aromatic heterocycles. The number of nitrogens with zero attached hydrogens (tertiary/aromatic N) is 1. The molecule has 2 aromatic rings. The number of amides is 2. The van der Waals surface area contributed by atoms with Gasteiger partial charge in [-0.05, 0) is 42.0 Å². The summed E-state index contributed by atoms with van der Waals surface area (Å²) in [6.07, 6.45) is 1.38. The van der Waals surface area contributed by atoms with Crippen molar-refractivity contribution in [2.45, 2.75) is 39.8 Å². The maximum absolute atomic E-state index is 12.9. The lowest BCUT2D eigenvalue weighted by atomic mass is 9.92. The standard InChI is InChI=1S/C24H31N3O3/c1-24(2,16-25)17-27(22(28)19-12-13-19)14-20-10-6-7-11-21(20)26-23(29)30-15-18-8-4-3-5-9-18/h3-11,19H,12-17,25H2,1-2H3,(H,26,29). The first kappa shape index (κ1) is 21.8. The van der Waals surface area contributed by atoms with Gasteiger partial charge in [0.05, 0.1) is 0 Å². The van der Waals surface area contributed by atoms with E-state index in [4.69, 9.17) is 10.5 Å². The van der Waals surface area contributed by atoms with Gasteiger partial charge in [0.1, 0.15) is 6.61 Å². The van der Waals surface area contributed by atoms with Crippen LogP contribution in [-0.4, -0.2) is 30.0 Å². The fourth-order valence-corrected chi connectivity index (χ4v) is 3.24. The quantitative estimate of drug-likeness (QED) is 0.651. The zero-order chi connectivity index (χ0) is 21.6. The van der Waals surface area contributed by atoms with Gasteiger partial charge >= 0.3 is 6.09 Å². The van der Waals surface area contributed by atoms with Crippen LogP contribution in [0.15, 0.2) is 54.6 Å². The third kappa shape index (κ3) is 6.32. The van der Waals surface area contributed by atoms with Crippen molar-refractivity contribution in [3.63, 3.8) is 0 Å². The minimum Gasteiger partial charge on any atom is -0.444 e. The molecule has 0 saturated heterocycles. The molecule has 3 N–H and O–H groups in total. The van der Waals surface area contributed by atoms with E-state index < -0.39 is 6.09 Å². The fourth-order valence-electron chi connectivity index (χ4n) is 3.24. The summed E-state index contributed by atoms with van der Waals surface area (Å²) in [5.41, 5.74) is 8.17. The van der Waals surface area contributed by atoms with Crippen LogP contribution >= 0.6 is 0 Å². The van der Waals surface area contributed by atoms with Crippen molar-refractivity contribution in [2.75, 3.05) is 18.4 Å². The highest BCUT2D eigenvalue weighted by Gasteiger charge is 2.35. The summed E-state index contributed by atoms with van der Waals surface area (Å²) in [4.78, 5) is 27.1. The Morgan fingerprint density at radius 2 is 1.77 bits per heavy atom. The average Bonchev–Trinajstić information content (AvgIpc) is 3.59. The number of rotatable bonds is 9. The molecule has 1 fully saturated rings. The molecule has 2 aromatic carbocycles. The van der Waals surface area contributed by atoms with E-state index in [0.717, 1.165) is 24.0 Å². The molecule has 0 atom stereocenters. The van der Waals surface area contributed by atoms with E-state index in [9.17, 15) is 9.59 Å². The van der Waals surface area contributed by atoms with Gasteiger partial charge in [-0.15, -0.1) is 0 Å². The second-order valence-corrected chi connectivity index (χ2v) is 8.68. The number of hydrogen-bond donors (Lipinski definition) is 2. The number of nitrogens with one attached hydrogen (secondary N) is 1. The van der Waals surface area contributed by atoms with Gasteiger partial charge in [0.25, 0.3) is 0 Å². The molecule has 0 bridgehead atoms. The van der Waals surface area contributed by atoms with Gasteiger partial charge in [-0.1, -0.05) is 62.4 Å². The minimum atomic E-state index is -0.520. The topological polar surface area (TPSA) is 84.7 Å². The molecule has 6 heteroatoms. The van der Waals surface area contributed by atoms with Gasteiger partial charge in [0.15, 0.2) is 0 Å². The normalized spacial score (nSPS) is 13.6. The van der Waals surface area contributed by atoms with E-state index in [1.807, 2.05) is 59.5 Å². The lowest BCUT2D eigenvalue weighted by Crippen LogP contribution is -2.42. The second kappa shape index (κ2) is 9.76. The SMILES string of the molecule is CC(C)(CN)CN(Cc1ccccc1NC(=O)OCc1ccccc1)C(=O)C1CC1. The van der Waals surface area contributed by atoms with Crippen molar-refractivity contribution in [2.24, 2.45) is 17.1 Å². The van der Waals surface area contributed by atoms with Crippen molar-refractivity contribution < 1.29 is 14.3 Å². The van der Waals surface area contributed by atoms with Gasteiger partial charge in [-0.3, -0.25) is 10.1 Å². The zero-order valence-electron chi connectivity index (χ0n) is 17.8. The molecular weight excluding hydrogens is 378 g/mol. The average molecular weight is 410 g/mol. The van der Waals surface area contributed by atoms with Crippen LogP contribution in [0.2, 0.25) is 0 Å². The molecule has 6 nitrogen and oxygen atoms in total. The number of anilines is 1. The first-order valence-electron chi connectivity index (χ1n) is 10.4. The smallest absolute Gasteiger partial charge is 0.411 e. The van der Waals surface area contributed by atoms with Crippen LogP contribution in [0, 0.1) is 11.3 Å². The van der Waals surface area contributed by atoms with Crippen LogP contribution in [0.4, 0.5) is 10.5 Å². The number of nitrogens with two attached hydrogens (primary N) is 1. The van der Waals surface area contributed by atoms with E-state index >= 15 is 0 Å². The predicted octanol–water partition coefficient (Wildman–Crippen LogP) is 4.16. The molecule has 1 aliphatic rings. The zero-order valence-corrected chi connectivity index (χ0v) is 17.8. The number of carbonyl (C=O) groups excluding carboxylic acids is 2. The van der Waals surface area contributed by atoms with E-state index in [1.54, 1.807) is 0 Å². The van der Waals surface area contributed by atoms with E-state index in [-0.39, 0.29) is 23.8 Å². The molecule has 0 aliphatic heterocycles. The Labute approximate surface area is 178 Å². The Morgan fingerprint density at radius 3 is 2.43 bits per heavy atom. The number of hydrogen-bond acceptors (Lipinski definition) is 4. The lowest BCUT2D eigenvalue weighted by molar-refractivity contribution is -0.134. The summed E-state index contributed by atoms with van der Waals surface area (Å²) in [7, 11) is 0. The van der Waals surface area contributed by atoms with Crippen LogP contribution in [0.5, 0.6) is 0 Å². The summed E-state index contributed by atoms with van der Waals surface area (Å²) in [5.74, 6) is 0.285. The Hall–Kier alpha value is -2.86. The van der Waals surface area contributed by atoms with Crippen LogP contribution in [-0.2, 0) is 22.7 Å². The number of ether oxygens (including phenoxy) is 1. The third-order valence-corrected chi connectivity index (χ3v) is 5.24. The molecule has 0 heterocycles. The molecule has 30 heavy (non-hydrogen) atoms. The fraction of sp³-hybridized carbons (Fsp3) is 0.417. The highest BCUT2D eigenvalue weighted by Crippen LogP contribution is 2.33. The number of para-hydroxylation sites is 1. The molecule has 1 aliphatic carbocycles. The molecule has 0 radical (unpaired) electrons. The lowest BCUT2D eigenvalue weighted by Gasteiger charge is -2.32. The van der Waals surface area contributed by atoms with E-state index in [1.165, 1.54) is 0 Å². The molecule has 1 saturated carbocycles. The monoisotopic (exact) mass is 409 g/mol. The predicted molar refractivity (Wildman–Crippen MR) is 118 cm³/mol. The Balaban J connectivity index is 1.67. The van der Waals surface area contributed by atoms with Crippen molar-refractivity contribution in [1.29, 1.82) is 0 Å². The molecular formula is C24H31N3O3. The van der Waals surface area contributed by atoms with Crippen LogP contribution in [0.3, 0.4) is 0 Å². The van der Waals surface area contributed by atoms with Crippen molar-refractivity contribution in [3.8, 4) is 0 Å². The van der Waals surface area contributed by atoms with E-state index in [0.29, 0.717) is 25.3 Å². The third-order valence-electron chi connectivity index (χ3n) is 5.24. The molecule has 0 spiro atoms. The highest BCUT2D eigenvalue weighted by molar-refractivity contribution is 5.86. The summed E-state index contributed by atoms with van der Waals surface area (Å²) in [6.45, 7) is 5.81. The summed E-state index contributed by atoms with van der Waals surface area (Å²) in [6, 6.07) is 17.0. The van der Waals surface area contributed by atoms with Crippen LogP contribution in [0.1, 0.15) is 37.8 Å². The summed E-state index contributed by atoms with van der Waals surface area (Å²) >= 11 is 0.